The molecule has 160 valence electrons. The molecule has 2 amide bonds. The maximum absolute atomic E-state index is 12.8. The molecule has 2 unspecified atom stereocenters. The van der Waals surface area contributed by atoms with Crippen LogP contribution in [0.1, 0.15) is 36.9 Å². The van der Waals surface area contributed by atoms with Gasteiger partial charge in [0.2, 0.25) is 11.8 Å². The van der Waals surface area contributed by atoms with E-state index in [9.17, 15) is 9.59 Å². The third-order valence-corrected chi connectivity index (χ3v) is 6.52. The van der Waals surface area contributed by atoms with Crippen molar-refractivity contribution in [1.29, 1.82) is 0 Å². The number of fused-ring (bicyclic) bond motifs is 1. The fourth-order valence-corrected chi connectivity index (χ4v) is 4.73. The summed E-state index contributed by atoms with van der Waals surface area (Å²) in [6.07, 6.45) is 5.06. The second-order valence-corrected chi connectivity index (χ2v) is 8.63. The Labute approximate surface area is 180 Å². The molecule has 1 aliphatic carbocycles. The predicted octanol–water partition coefficient (Wildman–Crippen LogP) is 1.81. The molecule has 2 aromatic heterocycles. The Bertz CT molecular complexity index is 1110. The van der Waals surface area contributed by atoms with Gasteiger partial charge in [-0.15, -0.1) is 0 Å². The van der Waals surface area contributed by atoms with Crippen molar-refractivity contribution in [3.05, 3.63) is 66.1 Å². The van der Waals surface area contributed by atoms with Crippen LogP contribution in [0.4, 0.5) is 0 Å². The van der Waals surface area contributed by atoms with Crippen molar-refractivity contribution in [2.45, 2.75) is 37.6 Å². The number of amides is 2. The van der Waals surface area contributed by atoms with Crippen LogP contribution in [0.25, 0.3) is 5.65 Å². The van der Waals surface area contributed by atoms with Gasteiger partial charge in [0.25, 0.3) is 0 Å². The predicted molar refractivity (Wildman–Crippen MR) is 114 cm³/mol. The van der Waals surface area contributed by atoms with E-state index in [1.54, 1.807) is 0 Å². The molecule has 0 radical (unpaired) electrons. The van der Waals surface area contributed by atoms with Crippen LogP contribution in [-0.4, -0.2) is 38.0 Å². The maximum Gasteiger partial charge on any atom is 0.237 e. The number of hydrazine groups is 1. The molecule has 3 N–H and O–H groups in total. The van der Waals surface area contributed by atoms with Crippen LogP contribution in [0.5, 0.6) is 0 Å². The van der Waals surface area contributed by atoms with Gasteiger partial charge in [-0.25, -0.2) is 14.5 Å². The molecule has 1 saturated heterocycles. The van der Waals surface area contributed by atoms with Gasteiger partial charge in [-0.05, 0) is 49.8 Å². The Morgan fingerprint density at radius 2 is 1.87 bits per heavy atom. The van der Waals surface area contributed by atoms with Crippen molar-refractivity contribution in [3.63, 3.8) is 0 Å². The lowest BCUT2D eigenvalue weighted by Gasteiger charge is -2.49. The topological polar surface area (TPSA) is 106 Å². The van der Waals surface area contributed by atoms with E-state index in [0.29, 0.717) is 25.8 Å². The van der Waals surface area contributed by atoms with Crippen molar-refractivity contribution in [1.82, 2.24) is 25.0 Å². The number of nitrogens with zero attached hydrogens (tertiary/aromatic N) is 4. The first-order chi connectivity index (χ1) is 15.1. The fourth-order valence-electron chi connectivity index (χ4n) is 4.73. The van der Waals surface area contributed by atoms with Gasteiger partial charge in [0.05, 0.1) is 11.2 Å². The molecule has 31 heavy (non-hydrogen) atoms. The van der Waals surface area contributed by atoms with Crippen molar-refractivity contribution in [2.24, 2.45) is 17.6 Å². The zero-order valence-corrected chi connectivity index (χ0v) is 17.3. The van der Waals surface area contributed by atoms with Crippen molar-refractivity contribution >= 4 is 17.5 Å². The summed E-state index contributed by atoms with van der Waals surface area (Å²) in [4.78, 5) is 29.4. The molecule has 3 aromatic rings. The smallest absolute Gasteiger partial charge is 0.237 e. The number of nitrogens with two attached hydrogens (primary N) is 1. The van der Waals surface area contributed by atoms with Crippen LogP contribution in [0.3, 0.4) is 0 Å². The van der Waals surface area contributed by atoms with Crippen LogP contribution in [0.2, 0.25) is 0 Å². The number of piperidine rings is 1. The molecule has 8 nitrogen and oxygen atoms in total. The average Bonchev–Trinajstić information content (AvgIpc) is 3.52. The maximum atomic E-state index is 12.8. The van der Waals surface area contributed by atoms with Gasteiger partial charge in [-0.2, -0.15) is 5.10 Å². The number of nitrogens with one attached hydrogen (secondary N) is 1. The molecular weight excluding hydrogens is 392 g/mol. The van der Waals surface area contributed by atoms with Crippen LogP contribution in [0.15, 0.2) is 54.9 Å². The van der Waals surface area contributed by atoms with Crippen LogP contribution in [0, 0.1) is 11.8 Å². The van der Waals surface area contributed by atoms with Crippen molar-refractivity contribution in [3.8, 4) is 0 Å². The summed E-state index contributed by atoms with van der Waals surface area (Å²) in [5, 5.41) is 6.49. The van der Waals surface area contributed by atoms with E-state index in [2.05, 4.69) is 27.6 Å². The molecule has 1 aliphatic heterocycles. The van der Waals surface area contributed by atoms with Gasteiger partial charge in [-0.1, -0.05) is 36.4 Å². The summed E-state index contributed by atoms with van der Waals surface area (Å²) >= 11 is 0. The van der Waals surface area contributed by atoms with E-state index in [-0.39, 0.29) is 23.7 Å². The van der Waals surface area contributed by atoms with Gasteiger partial charge in [0.1, 0.15) is 6.33 Å². The second kappa shape index (κ2) is 7.77. The third kappa shape index (κ3) is 3.67. The highest BCUT2D eigenvalue weighted by atomic mass is 16.2. The normalized spacial score (nSPS) is 24.2. The Kier molecular flexibility index (Phi) is 4.94. The van der Waals surface area contributed by atoms with Gasteiger partial charge in [-0.3, -0.25) is 15.0 Å². The molecule has 2 fully saturated rings. The lowest BCUT2D eigenvalue weighted by atomic mass is 9.74. The number of hydrogen-bond acceptors (Lipinski definition) is 5. The third-order valence-electron chi connectivity index (χ3n) is 6.52. The number of carbonyl (C=O) groups excluding carboxylic acids is 2. The minimum absolute atomic E-state index is 0.0423. The van der Waals surface area contributed by atoms with Gasteiger partial charge in [0.15, 0.2) is 5.65 Å². The highest BCUT2D eigenvalue weighted by Gasteiger charge is 2.48. The number of carbonyl (C=O) groups is 2. The monoisotopic (exact) mass is 418 g/mol. The zero-order valence-electron chi connectivity index (χ0n) is 17.3. The van der Waals surface area contributed by atoms with E-state index in [1.807, 2.05) is 45.9 Å². The quantitative estimate of drug-likeness (QED) is 0.635. The molecule has 2 aliphatic rings. The van der Waals surface area contributed by atoms with Gasteiger partial charge >= 0.3 is 0 Å². The number of benzene rings is 1. The Morgan fingerprint density at radius 1 is 1.06 bits per heavy atom. The summed E-state index contributed by atoms with van der Waals surface area (Å²) < 4.78 is 1.81. The number of hydrogen-bond donors (Lipinski definition) is 2. The Balaban J connectivity index is 1.66. The largest absolute Gasteiger partial charge is 0.369 e. The molecule has 1 saturated carbocycles. The van der Waals surface area contributed by atoms with Crippen LogP contribution < -0.4 is 11.2 Å². The standard InChI is InChI=1S/C23H26N6O2/c24-21(30)18-11-12-28(27-22(31)17-9-10-17)23(14-18,13-16-5-2-1-3-6-16)19-7-4-8-20-25-15-26-29(19)20/h1-8,15,17-18H,9-14H2,(H2,24,30)(H,27,31). The number of rotatable bonds is 6. The lowest BCUT2D eigenvalue weighted by molar-refractivity contribution is -0.137. The van der Waals surface area contributed by atoms with E-state index >= 15 is 0 Å². The molecule has 0 spiro atoms. The van der Waals surface area contributed by atoms with E-state index < -0.39 is 5.54 Å². The van der Waals surface area contributed by atoms with E-state index in [4.69, 9.17) is 5.73 Å². The summed E-state index contributed by atoms with van der Waals surface area (Å²) in [6, 6.07) is 16.0. The minimum atomic E-state index is -0.697. The van der Waals surface area contributed by atoms with Gasteiger partial charge in [0, 0.05) is 18.4 Å². The van der Waals surface area contributed by atoms with E-state index in [0.717, 1.165) is 29.7 Å². The lowest BCUT2D eigenvalue weighted by Crippen LogP contribution is -2.62. The highest BCUT2D eigenvalue weighted by Crippen LogP contribution is 2.42. The molecule has 8 heteroatoms. The summed E-state index contributed by atoms with van der Waals surface area (Å²) in [6.45, 7) is 0.532. The SMILES string of the molecule is NC(=O)C1CCN(NC(=O)C2CC2)C(Cc2ccccc2)(c2cccc3ncnn23)C1. The van der Waals surface area contributed by atoms with Gasteiger partial charge < -0.3 is 5.73 Å². The molecule has 3 heterocycles. The summed E-state index contributed by atoms with van der Waals surface area (Å²) in [7, 11) is 0. The molecule has 2 atom stereocenters. The summed E-state index contributed by atoms with van der Waals surface area (Å²) in [5.41, 5.74) is 11.0. The van der Waals surface area contributed by atoms with Crippen molar-refractivity contribution in [2.75, 3.05) is 6.54 Å². The zero-order chi connectivity index (χ0) is 21.4. The molecule has 1 aromatic carbocycles. The Hall–Kier alpha value is -3.26. The first-order valence-corrected chi connectivity index (χ1v) is 10.8. The average molecular weight is 419 g/mol. The van der Waals surface area contributed by atoms with Crippen LogP contribution >= 0.6 is 0 Å². The highest BCUT2D eigenvalue weighted by molar-refractivity contribution is 5.80. The van der Waals surface area contributed by atoms with Crippen LogP contribution in [-0.2, 0) is 21.5 Å². The summed E-state index contributed by atoms with van der Waals surface area (Å²) in [5.74, 6) is -0.487. The van der Waals surface area contributed by atoms with Crippen molar-refractivity contribution < 1.29 is 9.59 Å². The Morgan fingerprint density at radius 3 is 2.61 bits per heavy atom. The fraction of sp³-hybridized carbons (Fsp3) is 0.391. The first-order valence-electron chi connectivity index (χ1n) is 10.8. The van der Waals surface area contributed by atoms with E-state index in [1.165, 1.54) is 6.33 Å². The minimum Gasteiger partial charge on any atom is -0.369 e. The number of primary amides is 1. The molecule has 5 rings (SSSR count). The number of pyridine rings is 1. The first kappa shape index (κ1) is 19.7. The molecule has 0 bridgehead atoms. The number of aromatic nitrogens is 3. The second-order valence-electron chi connectivity index (χ2n) is 8.63. The molecular formula is C23H26N6O2.